The van der Waals surface area contributed by atoms with Crippen molar-refractivity contribution in [1.82, 2.24) is 29.2 Å². The number of carbonyl (C=O) groups excluding carboxylic acids is 1. The smallest absolute Gasteiger partial charge is 0.364 e. The highest BCUT2D eigenvalue weighted by Crippen LogP contribution is 2.34. The van der Waals surface area contributed by atoms with E-state index in [9.17, 15) is 34.8 Å². The fourth-order valence-electron chi connectivity index (χ4n) is 6.96. The van der Waals surface area contributed by atoms with Crippen LogP contribution in [0.4, 0.5) is 18.9 Å². The number of hydrogen-bond donors (Lipinski definition) is 2. The predicted molar refractivity (Wildman–Crippen MR) is 192 cm³/mol. The van der Waals surface area contributed by atoms with Crippen molar-refractivity contribution in [3.05, 3.63) is 89.0 Å². The van der Waals surface area contributed by atoms with Crippen molar-refractivity contribution >= 4 is 31.6 Å². The molecule has 52 heavy (non-hydrogen) atoms. The van der Waals surface area contributed by atoms with Crippen LogP contribution in [0.25, 0.3) is 0 Å². The predicted octanol–water partition coefficient (Wildman–Crippen LogP) is 4.12. The fourth-order valence-corrected chi connectivity index (χ4v) is 8.53. The maximum atomic E-state index is 13.4. The first kappa shape index (κ1) is 39.6. The molecule has 0 aliphatic carbocycles. The molecule has 2 saturated heterocycles. The number of nitrogens with zero attached hydrogens (tertiary/aromatic N) is 5. The Morgan fingerprint density at radius 2 is 1.48 bits per heavy atom. The first-order valence-electron chi connectivity index (χ1n) is 17.2. The van der Waals surface area contributed by atoms with Gasteiger partial charge in [-0.25, -0.2) is 36.2 Å². The van der Waals surface area contributed by atoms with Crippen molar-refractivity contribution in [3.8, 4) is 0 Å². The zero-order chi connectivity index (χ0) is 37.7. The number of carbonyl (C=O) groups is 1. The topological polar surface area (TPSA) is 145 Å². The number of aromatic nitrogens is 2. The lowest BCUT2D eigenvalue weighted by atomic mass is 9.85. The number of likely N-dealkylation sites (tertiary alicyclic amines) is 2. The molecule has 0 atom stereocenters. The second kappa shape index (κ2) is 16.2. The lowest BCUT2D eigenvalue weighted by Crippen LogP contribution is -2.58. The van der Waals surface area contributed by atoms with Gasteiger partial charge in [0.1, 0.15) is 6.33 Å². The van der Waals surface area contributed by atoms with E-state index < -0.39 is 37.9 Å². The SMILES string of the molecule is Cc1ncnc(C)c1C(=O)N1CCC(C)(N2CCC(N(Cc3ccccc3)c3ccc(CNS(=O)(=O)CCNS(=O)(=O)C(F)(F)F)cc3)CC2)CC1. The maximum Gasteiger partial charge on any atom is 0.511 e. The number of anilines is 1. The third kappa shape index (κ3) is 9.66. The number of hydrogen-bond acceptors (Lipinski definition) is 9. The van der Waals surface area contributed by atoms with Crippen molar-refractivity contribution in [3.63, 3.8) is 0 Å². The van der Waals surface area contributed by atoms with Crippen LogP contribution < -0.4 is 14.3 Å². The summed E-state index contributed by atoms with van der Waals surface area (Å²) in [6.45, 7) is 8.80. The maximum absolute atomic E-state index is 13.4. The summed E-state index contributed by atoms with van der Waals surface area (Å²) in [4.78, 5) is 28.7. The fraction of sp³-hybridized carbons (Fsp3) is 0.514. The Morgan fingerprint density at radius 3 is 2.06 bits per heavy atom. The number of benzene rings is 2. The average Bonchev–Trinajstić information content (AvgIpc) is 3.10. The van der Waals surface area contributed by atoms with E-state index in [2.05, 4.69) is 43.5 Å². The summed E-state index contributed by atoms with van der Waals surface area (Å²) in [5, 5.41) is 0. The van der Waals surface area contributed by atoms with Crippen molar-refractivity contribution in [2.45, 2.75) is 76.6 Å². The molecule has 284 valence electrons. The van der Waals surface area contributed by atoms with E-state index in [1.165, 1.54) is 11.0 Å². The van der Waals surface area contributed by atoms with Crippen LogP contribution in [-0.4, -0.2) is 98.1 Å². The van der Waals surface area contributed by atoms with E-state index in [0.29, 0.717) is 42.1 Å². The van der Waals surface area contributed by atoms with Crippen molar-refractivity contribution in [1.29, 1.82) is 0 Å². The van der Waals surface area contributed by atoms with Gasteiger partial charge in [-0.1, -0.05) is 42.5 Å². The Labute approximate surface area is 303 Å². The molecule has 5 rings (SSSR count). The van der Waals surface area contributed by atoms with Gasteiger partial charge >= 0.3 is 15.5 Å². The van der Waals surface area contributed by atoms with Crippen LogP contribution in [0, 0.1) is 13.8 Å². The van der Waals surface area contributed by atoms with E-state index in [0.717, 1.165) is 50.0 Å². The van der Waals surface area contributed by atoms with Gasteiger partial charge in [0.05, 0.1) is 22.7 Å². The normalized spacial score (nSPS) is 17.6. The molecule has 17 heteroatoms. The third-order valence-corrected chi connectivity index (χ3v) is 12.7. The molecule has 0 radical (unpaired) electrons. The Morgan fingerprint density at radius 1 is 0.885 bits per heavy atom. The number of piperidine rings is 2. The van der Waals surface area contributed by atoms with Crippen LogP contribution in [0.1, 0.15) is 65.5 Å². The Kier molecular flexibility index (Phi) is 12.3. The molecule has 2 aromatic carbocycles. The number of amides is 1. The van der Waals surface area contributed by atoms with Crippen LogP contribution in [0.15, 0.2) is 60.9 Å². The van der Waals surface area contributed by atoms with Crippen LogP contribution in [0.3, 0.4) is 0 Å². The molecular formula is C35H46F3N7O5S2. The minimum absolute atomic E-state index is 0.00822. The Bertz CT molecular complexity index is 1880. The van der Waals surface area contributed by atoms with E-state index in [1.807, 2.05) is 49.1 Å². The van der Waals surface area contributed by atoms with Crippen LogP contribution in [0.2, 0.25) is 0 Å². The number of rotatable bonds is 13. The molecule has 0 spiro atoms. The Balaban J connectivity index is 1.18. The molecular weight excluding hydrogens is 720 g/mol. The van der Waals surface area contributed by atoms with Gasteiger partial charge in [0.2, 0.25) is 10.0 Å². The van der Waals surface area contributed by atoms with Gasteiger partial charge in [-0.05, 0) is 69.7 Å². The summed E-state index contributed by atoms with van der Waals surface area (Å²) < 4.78 is 88.2. The minimum atomic E-state index is -5.63. The van der Waals surface area contributed by atoms with Crippen molar-refractivity contribution in [2.75, 3.05) is 43.4 Å². The number of aryl methyl sites for hydroxylation is 2. The molecule has 0 saturated carbocycles. The van der Waals surface area contributed by atoms with E-state index in [-0.39, 0.29) is 24.0 Å². The molecule has 2 fully saturated rings. The summed E-state index contributed by atoms with van der Waals surface area (Å²) >= 11 is 0. The molecule has 2 N–H and O–H groups in total. The molecule has 1 aromatic heterocycles. The molecule has 2 aliphatic heterocycles. The number of halogens is 3. The molecule has 0 bridgehead atoms. The van der Waals surface area contributed by atoms with Gasteiger partial charge in [0, 0.05) is 63.1 Å². The van der Waals surface area contributed by atoms with Gasteiger partial charge in [-0.3, -0.25) is 9.69 Å². The highest BCUT2D eigenvalue weighted by atomic mass is 32.2. The lowest BCUT2D eigenvalue weighted by Gasteiger charge is -2.50. The number of nitrogens with one attached hydrogen (secondary N) is 2. The third-order valence-electron chi connectivity index (χ3n) is 10.2. The zero-order valence-corrected chi connectivity index (χ0v) is 31.2. The van der Waals surface area contributed by atoms with Crippen LogP contribution in [-0.2, 0) is 33.1 Å². The van der Waals surface area contributed by atoms with Gasteiger partial charge < -0.3 is 9.80 Å². The summed E-state index contributed by atoms with van der Waals surface area (Å²) in [5.74, 6) is -0.854. The van der Waals surface area contributed by atoms with Crippen LogP contribution >= 0.6 is 0 Å². The minimum Gasteiger partial charge on any atom is -0.364 e. The summed E-state index contributed by atoms with van der Waals surface area (Å²) in [6, 6.07) is 17.9. The quantitative estimate of drug-likeness (QED) is 0.263. The molecule has 12 nitrogen and oxygen atoms in total. The lowest BCUT2D eigenvalue weighted by molar-refractivity contribution is -0.0447. The zero-order valence-electron chi connectivity index (χ0n) is 29.6. The van der Waals surface area contributed by atoms with Crippen molar-refractivity contribution < 1.29 is 34.8 Å². The van der Waals surface area contributed by atoms with Gasteiger partial charge in [0.15, 0.2) is 0 Å². The van der Waals surface area contributed by atoms with Gasteiger partial charge in [-0.2, -0.15) is 13.2 Å². The second-order valence-corrected chi connectivity index (χ2v) is 17.4. The van der Waals surface area contributed by atoms with Crippen molar-refractivity contribution in [2.24, 2.45) is 0 Å². The average molecular weight is 766 g/mol. The number of sulfonamides is 2. The summed E-state index contributed by atoms with van der Waals surface area (Å²) in [5.41, 5.74) is -0.791. The molecule has 3 heterocycles. The van der Waals surface area contributed by atoms with Gasteiger partial charge in [0.25, 0.3) is 5.91 Å². The van der Waals surface area contributed by atoms with Gasteiger partial charge in [-0.15, -0.1) is 0 Å². The molecule has 0 unspecified atom stereocenters. The number of alkyl halides is 3. The standard InChI is InChI=1S/C35H46F3N7O5S2/c1-26-32(27(2)40-25-39-26)33(46)43-20-15-34(3,16-21-43)44-18-13-31(14-19-44)45(24-29-7-5-4-6-8-29)30-11-9-28(10-12-30)23-42-51(47,48)22-17-41-52(49,50)35(36,37)38/h4-12,25,31,41-42H,13-24H2,1-3H3. The molecule has 2 aliphatic rings. The first-order valence-corrected chi connectivity index (χ1v) is 20.4. The largest absolute Gasteiger partial charge is 0.511 e. The highest BCUT2D eigenvalue weighted by Gasteiger charge is 2.45. The van der Waals surface area contributed by atoms with E-state index >= 15 is 0 Å². The second-order valence-electron chi connectivity index (χ2n) is 13.7. The van der Waals surface area contributed by atoms with E-state index in [4.69, 9.17) is 0 Å². The molecule has 3 aromatic rings. The van der Waals surface area contributed by atoms with E-state index in [1.54, 1.807) is 12.1 Å². The Hall–Kier alpha value is -3.64. The first-order chi connectivity index (χ1) is 24.5. The monoisotopic (exact) mass is 765 g/mol. The highest BCUT2D eigenvalue weighted by molar-refractivity contribution is 7.90. The summed E-state index contributed by atoms with van der Waals surface area (Å²) in [7, 11) is -9.69. The molecule has 1 amide bonds. The van der Waals surface area contributed by atoms with Crippen LogP contribution in [0.5, 0.6) is 0 Å². The summed E-state index contributed by atoms with van der Waals surface area (Å²) in [6.07, 6.45) is 5.10.